The summed E-state index contributed by atoms with van der Waals surface area (Å²) in [7, 11) is 0. The number of nitrogens with zero attached hydrogens (tertiary/aromatic N) is 4. The molecule has 1 amide bonds. The number of anilines is 1. The molecular formula is C19H17N5O3S. The van der Waals surface area contributed by atoms with Gasteiger partial charge in [-0.05, 0) is 49.6 Å². The van der Waals surface area contributed by atoms with Crippen LogP contribution in [0.1, 0.15) is 24.4 Å². The Hall–Kier alpha value is -3.20. The number of benzene rings is 1. The lowest BCUT2D eigenvalue weighted by molar-refractivity contribution is -0.117. The van der Waals surface area contributed by atoms with E-state index in [1.807, 2.05) is 25.1 Å². The number of carbonyl (C=O) groups is 1. The van der Waals surface area contributed by atoms with Crippen LogP contribution in [0, 0.1) is 6.92 Å². The molecule has 0 saturated heterocycles. The summed E-state index contributed by atoms with van der Waals surface area (Å²) in [4.78, 5) is 29.7. The quantitative estimate of drug-likeness (QED) is 0.560. The highest BCUT2D eigenvalue weighted by atomic mass is 32.1. The van der Waals surface area contributed by atoms with Crippen molar-refractivity contribution in [2.24, 2.45) is 0 Å². The Morgan fingerprint density at radius 1 is 1.36 bits per heavy atom. The van der Waals surface area contributed by atoms with Crippen LogP contribution in [0.2, 0.25) is 0 Å². The predicted molar refractivity (Wildman–Crippen MR) is 105 cm³/mol. The summed E-state index contributed by atoms with van der Waals surface area (Å²) in [5.74, 6) is 0.634. The van der Waals surface area contributed by atoms with E-state index in [9.17, 15) is 9.59 Å². The van der Waals surface area contributed by atoms with Gasteiger partial charge in [0.2, 0.25) is 11.7 Å². The predicted octanol–water partition coefficient (Wildman–Crippen LogP) is 3.20. The van der Waals surface area contributed by atoms with Crippen LogP contribution < -0.4 is 11.0 Å². The number of aromatic nitrogens is 4. The van der Waals surface area contributed by atoms with Gasteiger partial charge in [-0.2, -0.15) is 0 Å². The highest BCUT2D eigenvalue weighted by molar-refractivity contribution is 7.22. The standard InChI is InChI=1S/C19H17N5O3S/c1-11-4-7-13-15(9-11)28-18(20-13)21-16(25)10-23-19(26)24(12-5-6-12)17(22-23)14-3-2-8-27-14/h2-4,7-9,12H,5-6,10H2,1H3,(H,20,21,25). The van der Waals surface area contributed by atoms with E-state index in [2.05, 4.69) is 15.4 Å². The van der Waals surface area contributed by atoms with Gasteiger partial charge in [-0.3, -0.25) is 9.36 Å². The minimum atomic E-state index is -0.343. The van der Waals surface area contributed by atoms with Crippen LogP contribution in [-0.2, 0) is 11.3 Å². The van der Waals surface area contributed by atoms with E-state index in [4.69, 9.17) is 4.42 Å². The van der Waals surface area contributed by atoms with Crippen LogP contribution in [0.5, 0.6) is 0 Å². The van der Waals surface area contributed by atoms with E-state index in [0.717, 1.165) is 28.6 Å². The second kappa shape index (κ2) is 6.45. The van der Waals surface area contributed by atoms with E-state index >= 15 is 0 Å². The number of carbonyl (C=O) groups excluding carboxylic acids is 1. The zero-order chi connectivity index (χ0) is 19.3. The summed E-state index contributed by atoms with van der Waals surface area (Å²) in [5.41, 5.74) is 1.67. The molecule has 1 saturated carbocycles. The maximum atomic E-state index is 12.8. The van der Waals surface area contributed by atoms with Crippen molar-refractivity contribution in [2.75, 3.05) is 5.32 Å². The molecule has 1 aliphatic rings. The molecule has 3 heterocycles. The van der Waals surface area contributed by atoms with Crippen molar-refractivity contribution in [1.82, 2.24) is 19.3 Å². The number of thiazole rings is 1. The second-order valence-electron chi connectivity index (χ2n) is 6.88. The lowest BCUT2D eigenvalue weighted by Crippen LogP contribution is -2.29. The Labute approximate surface area is 163 Å². The Morgan fingerprint density at radius 2 is 2.21 bits per heavy atom. The number of nitrogens with one attached hydrogen (secondary N) is 1. The summed E-state index contributed by atoms with van der Waals surface area (Å²) in [5, 5.41) is 7.62. The first kappa shape index (κ1) is 16.9. The largest absolute Gasteiger partial charge is 0.461 e. The minimum absolute atomic E-state index is 0.122. The van der Waals surface area contributed by atoms with Gasteiger partial charge in [0.1, 0.15) is 6.54 Å². The Bertz CT molecular complexity index is 1230. The molecule has 1 aromatic carbocycles. The van der Waals surface area contributed by atoms with Crippen LogP contribution in [0.3, 0.4) is 0 Å². The summed E-state index contributed by atoms with van der Waals surface area (Å²) in [6, 6.07) is 9.56. The second-order valence-corrected chi connectivity index (χ2v) is 7.91. The number of aryl methyl sites for hydroxylation is 1. The highest BCUT2D eigenvalue weighted by Gasteiger charge is 2.31. The fraction of sp³-hybridized carbons (Fsp3) is 0.263. The molecular weight excluding hydrogens is 378 g/mol. The number of fused-ring (bicyclic) bond motifs is 1. The van der Waals surface area contributed by atoms with Crippen molar-refractivity contribution in [3.63, 3.8) is 0 Å². The molecule has 4 aromatic rings. The molecule has 0 bridgehead atoms. The minimum Gasteiger partial charge on any atom is -0.461 e. The number of hydrogen-bond donors (Lipinski definition) is 1. The topological polar surface area (TPSA) is 94.9 Å². The van der Waals surface area contributed by atoms with Gasteiger partial charge < -0.3 is 9.73 Å². The van der Waals surface area contributed by atoms with Crippen molar-refractivity contribution in [3.05, 3.63) is 52.6 Å². The molecule has 142 valence electrons. The molecule has 5 rings (SSSR count). The van der Waals surface area contributed by atoms with Gasteiger partial charge in [0.25, 0.3) is 0 Å². The average Bonchev–Trinajstić information content (AvgIpc) is 3.07. The number of furan rings is 1. The Morgan fingerprint density at radius 3 is 2.96 bits per heavy atom. The molecule has 0 unspecified atom stereocenters. The molecule has 3 aromatic heterocycles. The Balaban J connectivity index is 1.40. The van der Waals surface area contributed by atoms with Crippen LogP contribution in [0.4, 0.5) is 5.13 Å². The van der Waals surface area contributed by atoms with Gasteiger partial charge in [0.15, 0.2) is 10.9 Å². The van der Waals surface area contributed by atoms with Crippen LogP contribution in [-0.4, -0.2) is 25.2 Å². The number of amides is 1. The maximum Gasteiger partial charge on any atom is 0.347 e. The first-order valence-electron chi connectivity index (χ1n) is 8.99. The smallest absolute Gasteiger partial charge is 0.347 e. The van der Waals surface area contributed by atoms with Crippen molar-refractivity contribution in [3.8, 4) is 11.6 Å². The molecule has 0 aliphatic heterocycles. The van der Waals surface area contributed by atoms with E-state index in [0.29, 0.717) is 16.7 Å². The van der Waals surface area contributed by atoms with E-state index in [1.165, 1.54) is 22.3 Å². The molecule has 8 nitrogen and oxygen atoms in total. The van der Waals surface area contributed by atoms with E-state index in [-0.39, 0.29) is 24.2 Å². The van der Waals surface area contributed by atoms with E-state index < -0.39 is 0 Å². The first-order valence-corrected chi connectivity index (χ1v) is 9.80. The van der Waals surface area contributed by atoms with Crippen LogP contribution in [0.15, 0.2) is 45.8 Å². The molecule has 1 aliphatic carbocycles. The first-order chi connectivity index (χ1) is 13.6. The summed E-state index contributed by atoms with van der Waals surface area (Å²) in [6.07, 6.45) is 3.39. The molecule has 0 spiro atoms. The number of rotatable bonds is 5. The molecule has 0 atom stereocenters. The molecule has 28 heavy (non-hydrogen) atoms. The third-order valence-corrected chi connectivity index (χ3v) is 5.54. The summed E-state index contributed by atoms with van der Waals surface area (Å²) >= 11 is 1.40. The molecule has 1 N–H and O–H groups in total. The lowest BCUT2D eigenvalue weighted by atomic mass is 10.2. The van der Waals surface area contributed by atoms with Crippen LogP contribution in [0.25, 0.3) is 21.8 Å². The molecule has 1 fully saturated rings. The monoisotopic (exact) mass is 395 g/mol. The summed E-state index contributed by atoms with van der Waals surface area (Å²) < 4.78 is 9.21. The van der Waals surface area contributed by atoms with Crippen molar-refractivity contribution >= 4 is 32.6 Å². The lowest BCUT2D eigenvalue weighted by Gasteiger charge is -2.00. The van der Waals surface area contributed by atoms with Crippen molar-refractivity contribution in [1.29, 1.82) is 0 Å². The van der Waals surface area contributed by atoms with E-state index in [1.54, 1.807) is 16.7 Å². The fourth-order valence-corrected chi connectivity index (χ4v) is 4.12. The Kier molecular flexibility index (Phi) is 3.90. The SMILES string of the molecule is Cc1ccc2nc(NC(=O)Cn3nc(-c4ccco4)n(C4CC4)c3=O)sc2c1. The van der Waals surface area contributed by atoms with Crippen molar-refractivity contribution < 1.29 is 9.21 Å². The van der Waals surface area contributed by atoms with Gasteiger partial charge in [-0.1, -0.05) is 17.4 Å². The summed E-state index contributed by atoms with van der Waals surface area (Å²) in [6.45, 7) is 1.83. The van der Waals surface area contributed by atoms with Gasteiger partial charge in [-0.25, -0.2) is 14.5 Å². The average molecular weight is 395 g/mol. The number of hydrogen-bond acceptors (Lipinski definition) is 6. The van der Waals surface area contributed by atoms with Gasteiger partial charge >= 0.3 is 5.69 Å². The molecule has 0 radical (unpaired) electrons. The van der Waals surface area contributed by atoms with Crippen molar-refractivity contribution in [2.45, 2.75) is 32.4 Å². The van der Waals surface area contributed by atoms with Gasteiger partial charge in [-0.15, -0.1) is 5.10 Å². The maximum absolute atomic E-state index is 12.8. The zero-order valence-corrected chi connectivity index (χ0v) is 15.9. The van der Waals surface area contributed by atoms with Crippen LogP contribution >= 0.6 is 11.3 Å². The highest BCUT2D eigenvalue weighted by Crippen LogP contribution is 2.36. The third-order valence-electron chi connectivity index (χ3n) is 4.61. The normalized spacial score (nSPS) is 13.9. The zero-order valence-electron chi connectivity index (χ0n) is 15.1. The third kappa shape index (κ3) is 3.03. The fourth-order valence-electron chi connectivity index (χ4n) is 3.14. The molecule has 9 heteroatoms. The van der Waals surface area contributed by atoms with Gasteiger partial charge in [0.05, 0.1) is 16.5 Å². The van der Waals surface area contributed by atoms with Gasteiger partial charge in [0, 0.05) is 6.04 Å².